The van der Waals surface area contributed by atoms with Crippen molar-refractivity contribution in [2.24, 2.45) is 0 Å². The number of hydrogen-bond donors (Lipinski definition) is 1. The molecular weight excluding hydrogens is 356 g/mol. The van der Waals surface area contributed by atoms with Gasteiger partial charge in [0.1, 0.15) is 5.75 Å². The highest BCUT2D eigenvalue weighted by molar-refractivity contribution is 5.92. The number of nitrogens with zero attached hydrogens (tertiary/aromatic N) is 1. The van der Waals surface area contributed by atoms with Crippen LogP contribution in [-0.4, -0.2) is 38.2 Å². The van der Waals surface area contributed by atoms with Crippen molar-refractivity contribution < 1.29 is 19.1 Å². The molecule has 0 aromatic heterocycles. The molecule has 0 aliphatic heterocycles. The molecule has 150 valence electrons. The van der Waals surface area contributed by atoms with E-state index in [0.717, 1.165) is 30.1 Å². The van der Waals surface area contributed by atoms with E-state index in [4.69, 9.17) is 9.47 Å². The number of nitrogens with one attached hydrogen (secondary N) is 1. The van der Waals surface area contributed by atoms with Gasteiger partial charge in [0.15, 0.2) is 6.10 Å². The van der Waals surface area contributed by atoms with Crippen LogP contribution < -0.4 is 15.0 Å². The highest BCUT2D eigenvalue weighted by Crippen LogP contribution is 2.16. The monoisotopic (exact) mass is 384 g/mol. The zero-order valence-electron chi connectivity index (χ0n) is 16.9. The minimum atomic E-state index is -0.881. The Morgan fingerprint density at radius 3 is 2.14 bits per heavy atom. The molecule has 1 amide bonds. The Kier molecular flexibility index (Phi) is 7.87. The third-order valence-electron chi connectivity index (χ3n) is 4.51. The maximum Gasteiger partial charge on any atom is 0.338 e. The first-order chi connectivity index (χ1) is 13.5. The molecule has 6 nitrogen and oxygen atoms in total. The first-order valence-electron chi connectivity index (χ1n) is 9.45. The molecule has 0 heterocycles. The molecule has 2 aromatic rings. The van der Waals surface area contributed by atoms with Crippen LogP contribution in [0.5, 0.6) is 5.75 Å². The van der Waals surface area contributed by atoms with Gasteiger partial charge in [0.05, 0.1) is 12.7 Å². The fourth-order valence-electron chi connectivity index (χ4n) is 2.76. The van der Waals surface area contributed by atoms with Gasteiger partial charge in [-0.15, -0.1) is 0 Å². The second-order valence-electron chi connectivity index (χ2n) is 6.33. The minimum Gasteiger partial charge on any atom is -0.497 e. The van der Waals surface area contributed by atoms with E-state index < -0.39 is 12.1 Å². The van der Waals surface area contributed by atoms with Crippen LogP contribution in [0.2, 0.25) is 0 Å². The van der Waals surface area contributed by atoms with E-state index in [2.05, 4.69) is 24.1 Å². The predicted octanol–water partition coefficient (Wildman–Crippen LogP) is 3.40. The van der Waals surface area contributed by atoms with Crippen molar-refractivity contribution in [3.8, 4) is 5.75 Å². The van der Waals surface area contributed by atoms with Crippen molar-refractivity contribution in [2.75, 3.05) is 25.1 Å². The highest BCUT2D eigenvalue weighted by atomic mass is 16.5. The van der Waals surface area contributed by atoms with Crippen molar-refractivity contribution in [1.82, 2.24) is 5.32 Å². The van der Waals surface area contributed by atoms with Gasteiger partial charge in [0.2, 0.25) is 0 Å². The summed E-state index contributed by atoms with van der Waals surface area (Å²) < 4.78 is 10.4. The fraction of sp³-hybridized carbons (Fsp3) is 0.364. The van der Waals surface area contributed by atoms with Crippen LogP contribution in [0, 0.1) is 0 Å². The average molecular weight is 384 g/mol. The van der Waals surface area contributed by atoms with Crippen LogP contribution >= 0.6 is 0 Å². The number of esters is 1. The number of amides is 1. The van der Waals surface area contributed by atoms with Gasteiger partial charge in [-0.05, 0) is 62.7 Å². The SMILES string of the molecule is CCN(CC)c1ccc(C(=O)O[C@@H](C)C(=O)NCc2ccc(OC)cc2)cc1. The number of anilines is 1. The van der Waals surface area contributed by atoms with Crippen LogP contribution in [0.25, 0.3) is 0 Å². The molecule has 0 aliphatic carbocycles. The summed E-state index contributed by atoms with van der Waals surface area (Å²) in [4.78, 5) is 26.7. The molecule has 2 aromatic carbocycles. The maximum absolute atomic E-state index is 12.3. The number of carbonyl (C=O) groups excluding carboxylic acids is 2. The summed E-state index contributed by atoms with van der Waals surface area (Å²) in [6.45, 7) is 7.86. The van der Waals surface area contributed by atoms with Gasteiger partial charge < -0.3 is 19.7 Å². The molecule has 6 heteroatoms. The van der Waals surface area contributed by atoms with E-state index in [9.17, 15) is 9.59 Å². The lowest BCUT2D eigenvalue weighted by molar-refractivity contribution is -0.129. The Hall–Kier alpha value is -3.02. The van der Waals surface area contributed by atoms with Gasteiger partial charge in [-0.1, -0.05) is 12.1 Å². The quantitative estimate of drug-likeness (QED) is 0.671. The smallest absolute Gasteiger partial charge is 0.338 e. The lowest BCUT2D eigenvalue weighted by Gasteiger charge is -2.21. The Morgan fingerprint density at radius 1 is 1.00 bits per heavy atom. The molecule has 28 heavy (non-hydrogen) atoms. The molecule has 0 radical (unpaired) electrons. The summed E-state index contributed by atoms with van der Waals surface area (Å²) in [5.74, 6) is -0.105. The van der Waals surface area contributed by atoms with Crippen molar-refractivity contribution in [2.45, 2.75) is 33.4 Å². The van der Waals surface area contributed by atoms with Crippen molar-refractivity contribution in [3.63, 3.8) is 0 Å². The number of hydrogen-bond acceptors (Lipinski definition) is 5. The zero-order chi connectivity index (χ0) is 20.5. The van der Waals surface area contributed by atoms with Crippen molar-refractivity contribution >= 4 is 17.6 Å². The van der Waals surface area contributed by atoms with E-state index in [1.807, 2.05) is 36.4 Å². The molecule has 1 atom stereocenters. The molecule has 0 saturated heterocycles. The number of carbonyl (C=O) groups is 2. The molecule has 0 aliphatic rings. The van der Waals surface area contributed by atoms with E-state index >= 15 is 0 Å². The Bertz CT molecular complexity index is 768. The van der Waals surface area contributed by atoms with Crippen LogP contribution in [-0.2, 0) is 16.1 Å². The minimum absolute atomic E-state index is 0.344. The highest BCUT2D eigenvalue weighted by Gasteiger charge is 2.19. The Labute approximate surface area is 166 Å². The standard InChI is InChI=1S/C22H28N2O4/c1-5-24(6-2)19-11-9-18(10-12-19)22(26)28-16(3)21(25)23-15-17-7-13-20(27-4)14-8-17/h7-14,16H,5-6,15H2,1-4H3,(H,23,25)/t16-/m0/s1. The molecule has 0 saturated carbocycles. The van der Waals surface area contributed by atoms with Crippen LogP contribution in [0.4, 0.5) is 5.69 Å². The maximum atomic E-state index is 12.3. The van der Waals surface area contributed by atoms with Gasteiger partial charge in [-0.25, -0.2) is 4.79 Å². The molecule has 2 rings (SSSR count). The van der Waals surface area contributed by atoms with Crippen LogP contribution in [0.1, 0.15) is 36.7 Å². The summed E-state index contributed by atoms with van der Waals surface area (Å²) >= 11 is 0. The molecule has 0 bridgehead atoms. The lowest BCUT2D eigenvalue weighted by atomic mass is 10.2. The molecule has 0 unspecified atom stereocenters. The predicted molar refractivity (Wildman–Crippen MR) is 110 cm³/mol. The number of ether oxygens (including phenoxy) is 2. The molecule has 0 fully saturated rings. The van der Waals surface area contributed by atoms with Crippen molar-refractivity contribution in [3.05, 3.63) is 59.7 Å². The topological polar surface area (TPSA) is 67.9 Å². The third kappa shape index (κ3) is 5.74. The number of benzene rings is 2. The second kappa shape index (κ2) is 10.3. The lowest BCUT2D eigenvalue weighted by Crippen LogP contribution is -2.35. The third-order valence-corrected chi connectivity index (χ3v) is 4.51. The van der Waals surface area contributed by atoms with E-state index in [1.165, 1.54) is 0 Å². The summed E-state index contributed by atoms with van der Waals surface area (Å²) in [5, 5.41) is 2.77. The normalized spacial score (nSPS) is 11.4. The van der Waals surface area contributed by atoms with Gasteiger partial charge >= 0.3 is 5.97 Å². The Morgan fingerprint density at radius 2 is 1.61 bits per heavy atom. The summed E-state index contributed by atoms with van der Waals surface area (Å²) in [7, 11) is 1.60. The van der Waals surface area contributed by atoms with Gasteiger partial charge in [-0.2, -0.15) is 0 Å². The summed E-state index contributed by atoms with van der Waals surface area (Å²) in [6, 6.07) is 14.6. The second-order valence-corrected chi connectivity index (χ2v) is 6.33. The summed E-state index contributed by atoms with van der Waals surface area (Å²) in [6.07, 6.45) is -0.881. The van der Waals surface area contributed by atoms with E-state index in [1.54, 1.807) is 26.2 Å². The van der Waals surface area contributed by atoms with Crippen LogP contribution in [0.15, 0.2) is 48.5 Å². The molecular formula is C22H28N2O4. The van der Waals surface area contributed by atoms with E-state index in [0.29, 0.717) is 12.1 Å². The first kappa shape index (κ1) is 21.3. The van der Waals surface area contributed by atoms with Gasteiger partial charge in [-0.3, -0.25) is 4.79 Å². The van der Waals surface area contributed by atoms with Gasteiger partial charge in [0, 0.05) is 25.3 Å². The summed E-state index contributed by atoms with van der Waals surface area (Å²) in [5.41, 5.74) is 2.40. The number of methoxy groups -OCH3 is 1. The largest absolute Gasteiger partial charge is 0.497 e. The Balaban J connectivity index is 1.87. The van der Waals surface area contributed by atoms with Crippen molar-refractivity contribution in [1.29, 1.82) is 0 Å². The fourth-order valence-corrected chi connectivity index (χ4v) is 2.76. The van der Waals surface area contributed by atoms with Crippen LogP contribution in [0.3, 0.4) is 0 Å². The number of rotatable bonds is 9. The first-order valence-corrected chi connectivity index (χ1v) is 9.45. The zero-order valence-corrected chi connectivity index (χ0v) is 16.9. The average Bonchev–Trinajstić information content (AvgIpc) is 2.73. The van der Waals surface area contributed by atoms with E-state index in [-0.39, 0.29) is 5.91 Å². The molecule has 1 N–H and O–H groups in total. The molecule has 0 spiro atoms. The van der Waals surface area contributed by atoms with Gasteiger partial charge in [0.25, 0.3) is 5.91 Å².